The molecule has 13 heteroatoms. The third-order valence-corrected chi connectivity index (χ3v) is 9.23. The smallest absolute Gasteiger partial charge is 0.333 e. The summed E-state index contributed by atoms with van der Waals surface area (Å²) in [4.78, 5) is 28.6. The number of benzene rings is 1. The molecule has 6 rings (SSSR count). The van der Waals surface area contributed by atoms with Gasteiger partial charge in [-0.1, -0.05) is 12.1 Å². The van der Waals surface area contributed by atoms with E-state index in [9.17, 15) is 18.3 Å². The minimum atomic E-state index is -4.08. The summed E-state index contributed by atoms with van der Waals surface area (Å²) in [5.74, 6) is 0.282. The molecule has 1 fully saturated rings. The summed E-state index contributed by atoms with van der Waals surface area (Å²) in [6.07, 6.45) is 3.25. The van der Waals surface area contributed by atoms with Crippen molar-refractivity contribution in [1.82, 2.24) is 19.5 Å². The fourth-order valence-electron chi connectivity index (χ4n) is 5.82. The van der Waals surface area contributed by atoms with E-state index in [0.29, 0.717) is 42.0 Å². The number of fused-ring (bicyclic) bond motifs is 3. The van der Waals surface area contributed by atoms with Crippen molar-refractivity contribution in [3.05, 3.63) is 75.3 Å². The number of aromatic nitrogens is 4. The molecule has 4 aromatic rings. The van der Waals surface area contributed by atoms with Gasteiger partial charge in [0.1, 0.15) is 18.3 Å². The third-order valence-electron chi connectivity index (χ3n) is 7.70. The minimum Gasteiger partial charge on any atom is -0.393 e. The molecule has 210 valence electrons. The number of thiophene rings is 1. The molecule has 3 aromatic heterocycles. The van der Waals surface area contributed by atoms with Crippen molar-refractivity contribution in [2.24, 2.45) is 17.0 Å². The Labute approximate surface area is 235 Å². The van der Waals surface area contributed by atoms with E-state index in [4.69, 9.17) is 19.0 Å². The first-order valence-electron chi connectivity index (χ1n) is 13.0. The topological polar surface area (TPSA) is 160 Å². The fourth-order valence-corrected chi connectivity index (χ4v) is 7.19. The summed E-state index contributed by atoms with van der Waals surface area (Å²) in [5.41, 5.74) is 3.90. The van der Waals surface area contributed by atoms with Crippen molar-refractivity contribution in [2.45, 2.75) is 44.9 Å². The zero-order valence-electron chi connectivity index (χ0n) is 21.8. The highest BCUT2D eigenvalue weighted by molar-refractivity contribution is 7.84. The Balaban J connectivity index is 1.23. The number of hydrogen-bond acceptors (Lipinski definition) is 10. The zero-order chi connectivity index (χ0) is 28.0. The van der Waals surface area contributed by atoms with E-state index in [1.165, 1.54) is 23.9 Å². The Morgan fingerprint density at radius 1 is 1.30 bits per heavy atom. The van der Waals surface area contributed by atoms with Crippen LogP contribution in [0.25, 0.3) is 11.0 Å². The first-order valence-corrected chi connectivity index (χ1v) is 15.3. The lowest BCUT2D eigenvalue weighted by molar-refractivity contribution is 0.0441. The molecule has 1 saturated carbocycles. The highest BCUT2D eigenvalue weighted by Crippen LogP contribution is 2.38. The molecule has 0 radical (unpaired) electrons. The third kappa shape index (κ3) is 5.32. The number of carbonyl (C=O) groups excluding carboxylic acids is 1. The number of aryl methyl sites for hydroxylation is 1. The number of aliphatic hydroxyl groups is 1. The molecule has 11 nitrogen and oxygen atoms in total. The van der Waals surface area contributed by atoms with Crippen molar-refractivity contribution in [1.29, 1.82) is 0 Å². The lowest BCUT2D eigenvalue weighted by Gasteiger charge is -2.24. The van der Waals surface area contributed by atoms with Gasteiger partial charge in [0.05, 0.1) is 46.5 Å². The number of hydrogen-bond donors (Lipinski definition) is 2. The van der Waals surface area contributed by atoms with Crippen molar-refractivity contribution in [2.75, 3.05) is 13.2 Å². The van der Waals surface area contributed by atoms with Crippen LogP contribution in [0.15, 0.2) is 42.9 Å². The van der Waals surface area contributed by atoms with Crippen LogP contribution in [0.5, 0.6) is 0 Å². The summed E-state index contributed by atoms with van der Waals surface area (Å²) < 4.78 is 35.4. The van der Waals surface area contributed by atoms with Crippen LogP contribution in [0.4, 0.5) is 0 Å². The minimum absolute atomic E-state index is 0.00482. The van der Waals surface area contributed by atoms with Crippen LogP contribution in [-0.2, 0) is 32.2 Å². The molecule has 0 spiro atoms. The first kappa shape index (κ1) is 27.1. The van der Waals surface area contributed by atoms with E-state index in [1.54, 1.807) is 0 Å². The van der Waals surface area contributed by atoms with Gasteiger partial charge < -0.3 is 14.4 Å². The van der Waals surface area contributed by atoms with Gasteiger partial charge in [0, 0.05) is 29.1 Å². The molecule has 2 aliphatic rings. The molecule has 1 aliphatic carbocycles. The molecule has 4 heterocycles. The SMILES string of the molecule is Cc1sc(C(=O)c2cncnc2C[C@@H]2C[C@H](COS(N)(=O)=O)[C@@H](O)C2)cc1C1OCCn2c1nc1ccccc12. The van der Waals surface area contributed by atoms with E-state index in [2.05, 4.69) is 20.6 Å². The molecule has 1 aromatic carbocycles. The van der Waals surface area contributed by atoms with Crippen LogP contribution >= 0.6 is 11.3 Å². The summed E-state index contributed by atoms with van der Waals surface area (Å²) in [6.45, 7) is 3.06. The maximum absolute atomic E-state index is 13.7. The number of nitrogens with two attached hydrogens (primary N) is 1. The van der Waals surface area contributed by atoms with Crippen molar-refractivity contribution >= 4 is 38.5 Å². The molecule has 3 N–H and O–H groups in total. The highest BCUT2D eigenvalue weighted by Gasteiger charge is 2.35. The first-order chi connectivity index (χ1) is 19.2. The number of ether oxygens (including phenoxy) is 1. The Bertz CT molecular complexity index is 1680. The predicted octanol–water partition coefficient (Wildman–Crippen LogP) is 2.70. The molecule has 40 heavy (non-hydrogen) atoms. The predicted molar refractivity (Wildman–Crippen MR) is 147 cm³/mol. The van der Waals surface area contributed by atoms with Gasteiger partial charge in [-0.15, -0.1) is 11.3 Å². The monoisotopic (exact) mass is 583 g/mol. The van der Waals surface area contributed by atoms with Gasteiger partial charge in [-0.3, -0.25) is 8.98 Å². The number of para-hydroxylation sites is 2. The van der Waals surface area contributed by atoms with E-state index in [1.807, 2.05) is 31.2 Å². The lowest BCUT2D eigenvalue weighted by Crippen LogP contribution is -2.24. The fraction of sp³-hybridized carbons (Fsp3) is 0.407. The Kier molecular flexibility index (Phi) is 7.27. The molecule has 1 aliphatic heterocycles. The molecule has 1 unspecified atom stereocenters. The second-order valence-electron chi connectivity index (χ2n) is 10.3. The molecular formula is C27H29N5O6S2. The van der Waals surface area contributed by atoms with Gasteiger partial charge in [-0.05, 0) is 50.3 Å². The standard InChI is InChI=1S/C27H29N5O6S2/c1-15-18(26-27-31-20-4-2-3-5-22(20)32(27)6-7-37-26)11-24(39-15)25(34)19-12-29-14-30-21(19)9-16-8-17(23(33)10-16)13-38-40(28,35)36/h2-5,11-12,14,16-17,23,26,33H,6-10,13H2,1H3,(H2,28,35,36)/t16-,17+,23-,26?/m0/s1. The second-order valence-corrected chi connectivity index (χ2v) is 12.8. The number of imidazole rings is 1. The molecule has 0 bridgehead atoms. The van der Waals surface area contributed by atoms with Gasteiger partial charge >= 0.3 is 10.3 Å². The lowest BCUT2D eigenvalue weighted by atomic mass is 9.96. The average molecular weight is 584 g/mol. The van der Waals surface area contributed by atoms with Crippen LogP contribution in [0.3, 0.4) is 0 Å². The maximum atomic E-state index is 13.7. The van der Waals surface area contributed by atoms with Crippen LogP contribution in [0, 0.1) is 18.8 Å². The van der Waals surface area contributed by atoms with E-state index in [0.717, 1.165) is 33.8 Å². The van der Waals surface area contributed by atoms with Crippen LogP contribution in [-0.4, -0.2) is 58.1 Å². The molecule has 0 saturated heterocycles. The van der Waals surface area contributed by atoms with E-state index < -0.39 is 16.4 Å². The summed E-state index contributed by atoms with van der Waals surface area (Å²) in [5, 5.41) is 15.4. The average Bonchev–Trinajstić information content (AvgIpc) is 3.61. The van der Waals surface area contributed by atoms with E-state index in [-0.39, 0.29) is 30.3 Å². The van der Waals surface area contributed by atoms with Crippen LogP contribution in [0.1, 0.15) is 56.1 Å². The molecule has 0 amide bonds. The Morgan fingerprint density at radius 2 is 2.12 bits per heavy atom. The molecule has 4 atom stereocenters. The number of nitrogens with zero attached hydrogens (tertiary/aromatic N) is 4. The maximum Gasteiger partial charge on any atom is 0.333 e. The Hall–Kier alpha value is -3.07. The van der Waals surface area contributed by atoms with Crippen LogP contribution < -0.4 is 5.14 Å². The normalized spacial score (nSPS) is 23.0. The van der Waals surface area contributed by atoms with Gasteiger partial charge in [-0.2, -0.15) is 8.42 Å². The number of rotatable bonds is 8. The van der Waals surface area contributed by atoms with Gasteiger partial charge in [0.25, 0.3) is 0 Å². The van der Waals surface area contributed by atoms with Crippen LogP contribution in [0.2, 0.25) is 0 Å². The highest BCUT2D eigenvalue weighted by atomic mass is 32.2. The second kappa shape index (κ2) is 10.7. The summed E-state index contributed by atoms with van der Waals surface area (Å²) in [6, 6.07) is 9.90. The van der Waals surface area contributed by atoms with Crippen molar-refractivity contribution in [3.63, 3.8) is 0 Å². The molecular weight excluding hydrogens is 554 g/mol. The summed E-state index contributed by atoms with van der Waals surface area (Å²) in [7, 11) is -4.08. The van der Waals surface area contributed by atoms with Gasteiger partial charge in [0.15, 0.2) is 0 Å². The zero-order valence-corrected chi connectivity index (χ0v) is 23.4. The van der Waals surface area contributed by atoms with Gasteiger partial charge in [0.2, 0.25) is 5.78 Å². The Morgan fingerprint density at radius 3 is 2.95 bits per heavy atom. The number of aliphatic hydroxyl groups excluding tert-OH is 1. The van der Waals surface area contributed by atoms with Crippen molar-refractivity contribution in [3.8, 4) is 0 Å². The van der Waals surface area contributed by atoms with Gasteiger partial charge in [-0.25, -0.2) is 20.1 Å². The quantitative estimate of drug-likeness (QED) is 0.297. The van der Waals surface area contributed by atoms with Crippen molar-refractivity contribution < 1.29 is 27.2 Å². The largest absolute Gasteiger partial charge is 0.393 e. The van der Waals surface area contributed by atoms with E-state index >= 15 is 0 Å². The summed E-state index contributed by atoms with van der Waals surface area (Å²) >= 11 is 1.41. The number of carbonyl (C=O) groups is 1. The number of ketones is 1.